The van der Waals surface area contributed by atoms with Crippen LogP contribution < -0.4 is 10.5 Å². The number of hydrogen-bond donors (Lipinski definition) is 2. The number of aromatic amines is 1. The minimum atomic E-state index is -0.312. The number of fused-ring (bicyclic) bond motifs is 1. The van der Waals surface area contributed by atoms with Crippen LogP contribution in [0.1, 0.15) is 5.56 Å². The molecule has 0 radical (unpaired) electrons. The van der Waals surface area contributed by atoms with E-state index < -0.39 is 0 Å². The fraction of sp³-hybridized carbons (Fsp3) is 0.217. The quantitative estimate of drug-likeness (QED) is 0.520. The molecule has 0 amide bonds. The highest BCUT2D eigenvalue weighted by Gasteiger charge is 2.16. The van der Waals surface area contributed by atoms with E-state index in [-0.39, 0.29) is 11.4 Å². The van der Waals surface area contributed by atoms with Crippen molar-refractivity contribution in [3.05, 3.63) is 77.1 Å². The number of hydrogen-bond acceptors (Lipinski definition) is 5. The first kappa shape index (κ1) is 19.0. The molecule has 0 aliphatic carbocycles. The predicted octanol–water partition coefficient (Wildman–Crippen LogP) is 3.29. The van der Waals surface area contributed by atoms with Gasteiger partial charge < -0.3 is 10.0 Å². The number of rotatable bonds is 5. The number of aromatic hydroxyl groups is 1. The molecule has 0 unspecified atom stereocenters. The maximum Gasteiger partial charge on any atom is 0.258 e. The Morgan fingerprint density at radius 2 is 1.72 bits per heavy atom. The van der Waals surface area contributed by atoms with Gasteiger partial charge in [-0.25, -0.2) is 0 Å². The van der Waals surface area contributed by atoms with Crippen LogP contribution >= 0.6 is 0 Å². The molecule has 148 valence electrons. The standard InChI is InChI=1S/C23H24N4O2/c1-2-11-26-12-14-27(15-13-26)18-9-7-17(8-10-18)24-16-21-19-5-3-4-6-20(19)22(28)25-23(21)29/h2-10,16H,1,11-15H2,(H2,25,28,29). The Kier molecular flexibility index (Phi) is 5.44. The monoisotopic (exact) mass is 388 g/mol. The molecule has 2 N–H and O–H groups in total. The van der Waals surface area contributed by atoms with Crippen LogP contribution in [0.4, 0.5) is 11.4 Å². The first-order valence-corrected chi connectivity index (χ1v) is 9.72. The average molecular weight is 388 g/mol. The minimum absolute atomic E-state index is 0.175. The lowest BCUT2D eigenvalue weighted by atomic mass is 10.1. The summed E-state index contributed by atoms with van der Waals surface area (Å²) in [5.41, 5.74) is 2.16. The zero-order valence-corrected chi connectivity index (χ0v) is 16.2. The number of benzene rings is 2. The van der Waals surface area contributed by atoms with Gasteiger partial charge in [-0.15, -0.1) is 6.58 Å². The largest absolute Gasteiger partial charge is 0.494 e. The summed E-state index contributed by atoms with van der Waals surface area (Å²) in [4.78, 5) is 23.7. The van der Waals surface area contributed by atoms with Gasteiger partial charge in [-0.3, -0.25) is 19.7 Å². The van der Waals surface area contributed by atoms with E-state index in [1.54, 1.807) is 24.4 Å². The SMILES string of the molecule is C=CCN1CCN(c2ccc(N=Cc3c(O)[nH]c(=O)c4ccccc34)cc2)CC1. The van der Waals surface area contributed by atoms with Crippen LogP contribution in [0.25, 0.3) is 10.8 Å². The molecular formula is C23H24N4O2. The van der Waals surface area contributed by atoms with Crippen LogP contribution in [-0.2, 0) is 0 Å². The van der Waals surface area contributed by atoms with E-state index in [0.717, 1.165) is 38.4 Å². The molecule has 1 aromatic heterocycles. The molecule has 4 rings (SSSR count). The van der Waals surface area contributed by atoms with Crippen molar-refractivity contribution in [1.82, 2.24) is 9.88 Å². The zero-order valence-electron chi connectivity index (χ0n) is 16.2. The number of H-pyrrole nitrogens is 1. The first-order chi connectivity index (χ1) is 14.2. The summed E-state index contributed by atoms with van der Waals surface area (Å²) in [6, 6.07) is 15.2. The second kappa shape index (κ2) is 8.32. The molecule has 1 saturated heterocycles. The third-order valence-corrected chi connectivity index (χ3v) is 5.27. The molecule has 0 saturated carbocycles. The van der Waals surface area contributed by atoms with E-state index in [0.29, 0.717) is 16.3 Å². The predicted molar refractivity (Wildman–Crippen MR) is 119 cm³/mol. The van der Waals surface area contributed by atoms with Gasteiger partial charge >= 0.3 is 0 Å². The summed E-state index contributed by atoms with van der Waals surface area (Å²) >= 11 is 0. The number of aromatic nitrogens is 1. The van der Waals surface area contributed by atoms with Gasteiger partial charge in [0.15, 0.2) is 0 Å². The fourth-order valence-electron chi connectivity index (χ4n) is 3.68. The molecule has 1 aliphatic rings. The van der Waals surface area contributed by atoms with Gasteiger partial charge in [-0.05, 0) is 30.3 Å². The Morgan fingerprint density at radius 1 is 1.03 bits per heavy atom. The third-order valence-electron chi connectivity index (χ3n) is 5.27. The molecule has 0 spiro atoms. The van der Waals surface area contributed by atoms with Gasteiger partial charge in [-0.1, -0.05) is 24.3 Å². The van der Waals surface area contributed by atoms with Gasteiger partial charge in [0, 0.05) is 55.4 Å². The molecule has 6 heteroatoms. The minimum Gasteiger partial charge on any atom is -0.494 e. The highest BCUT2D eigenvalue weighted by Crippen LogP contribution is 2.24. The Hall–Kier alpha value is -3.38. The maximum atomic E-state index is 12.0. The summed E-state index contributed by atoms with van der Waals surface area (Å²) in [6.07, 6.45) is 3.54. The Balaban J connectivity index is 1.51. The lowest BCUT2D eigenvalue weighted by Crippen LogP contribution is -2.46. The number of pyridine rings is 1. The van der Waals surface area contributed by atoms with E-state index in [1.165, 1.54) is 5.69 Å². The Bertz CT molecular complexity index is 1090. The van der Waals surface area contributed by atoms with Crippen molar-refractivity contribution in [2.75, 3.05) is 37.6 Å². The first-order valence-electron chi connectivity index (χ1n) is 9.72. The lowest BCUT2D eigenvalue weighted by Gasteiger charge is -2.35. The maximum absolute atomic E-state index is 12.0. The van der Waals surface area contributed by atoms with Crippen molar-refractivity contribution >= 4 is 28.4 Å². The van der Waals surface area contributed by atoms with Crippen LogP contribution in [0.15, 0.2) is 71.0 Å². The second-order valence-electron chi connectivity index (χ2n) is 7.11. The number of anilines is 1. The Morgan fingerprint density at radius 3 is 2.41 bits per heavy atom. The van der Waals surface area contributed by atoms with E-state index in [1.807, 2.05) is 24.3 Å². The molecule has 0 atom stereocenters. The fourth-order valence-corrected chi connectivity index (χ4v) is 3.68. The lowest BCUT2D eigenvalue weighted by molar-refractivity contribution is 0.284. The second-order valence-corrected chi connectivity index (χ2v) is 7.11. The molecule has 0 bridgehead atoms. The molecule has 2 aromatic carbocycles. The van der Waals surface area contributed by atoms with Crippen LogP contribution in [0, 0.1) is 0 Å². The van der Waals surface area contributed by atoms with Crippen molar-refractivity contribution in [3.63, 3.8) is 0 Å². The van der Waals surface area contributed by atoms with E-state index >= 15 is 0 Å². The summed E-state index contributed by atoms with van der Waals surface area (Å²) < 4.78 is 0. The highest BCUT2D eigenvalue weighted by atomic mass is 16.3. The number of nitrogens with one attached hydrogen (secondary N) is 1. The van der Waals surface area contributed by atoms with E-state index in [4.69, 9.17) is 0 Å². The van der Waals surface area contributed by atoms with Crippen molar-refractivity contribution < 1.29 is 5.11 Å². The van der Waals surface area contributed by atoms with E-state index in [2.05, 4.69) is 38.5 Å². The Labute approximate surface area is 169 Å². The molecule has 1 aliphatic heterocycles. The van der Waals surface area contributed by atoms with Crippen molar-refractivity contribution in [2.45, 2.75) is 0 Å². The number of nitrogens with zero attached hydrogens (tertiary/aromatic N) is 3. The summed E-state index contributed by atoms with van der Waals surface area (Å²) in [7, 11) is 0. The van der Waals surface area contributed by atoms with Crippen LogP contribution in [0.3, 0.4) is 0 Å². The van der Waals surface area contributed by atoms with Crippen LogP contribution in [0.5, 0.6) is 5.88 Å². The van der Waals surface area contributed by atoms with Gasteiger partial charge in [0.05, 0.1) is 11.3 Å². The van der Waals surface area contributed by atoms with Crippen molar-refractivity contribution in [2.24, 2.45) is 4.99 Å². The third kappa shape index (κ3) is 4.07. The highest BCUT2D eigenvalue weighted by molar-refractivity contribution is 6.01. The normalized spacial score (nSPS) is 15.2. The number of aliphatic imine (C=N–C) groups is 1. The van der Waals surface area contributed by atoms with Crippen LogP contribution in [0.2, 0.25) is 0 Å². The summed E-state index contributed by atoms with van der Waals surface area (Å²) in [6.45, 7) is 8.80. The number of piperazine rings is 1. The molecular weight excluding hydrogens is 364 g/mol. The van der Waals surface area contributed by atoms with Gasteiger partial charge in [0.1, 0.15) is 0 Å². The zero-order chi connectivity index (χ0) is 20.2. The molecule has 6 nitrogen and oxygen atoms in total. The molecule has 29 heavy (non-hydrogen) atoms. The van der Waals surface area contributed by atoms with Crippen molar-refractivity contribution in [1.29, 1.82) is 0 Å². The van der Waals surface area contributed by atoms with Crippen LogP contribution in [-0.4, -0.2) is 53.9 Å². The summed E-state index contributed by atoms with van der Waals surface area (Å²) in [5, 5.41) is 11.4. The van der Waals surface area contributed by atoms with Crippen molar-refractivity contribution in [3.8, 4) is 5.88 Å². The molecule has 3 aromatic rings. The smallest absolute Gasteiger partial charge is 0.258 e. The van der Waals surface area contributed by atoms with Gasteiger partial charge in [0.25, 0.3) is 5.56 Å². The van der Waals surface area contributed by atoms with Gasteiger partial charge in [-0.2, -0.15) is 0 Å². The van der Waals surface area contributed by atoms with Gasteiger partial charge in [0.2, 0.25) is 5.88 Å². The molecule has 1 fully saturated rings. The van der Waals surface area contributed by atoms with E-state index in [9.17, 15) is 9.90 Å². The topological polar surface area (TPSA) is 71.9 Å². The molecule has 2 heterocycles. The summed E-state index contributed by atoms with van der Waals surface area (Å²) in [5.74, 6) is -0.175. The average Bonchev–Trinajstić information content (AvgIpc) is 2.75.